The molecule has 0 spiro atoms. The van der Waals surface area contributed by atoms with E-state index in [4.69, 9.17) is 0 Å². The molecule has 2 aromatic carbocycles. The van der Waals surface area contributed by atoms with Gasteiger partial charge in [-0.15, -0.1) is 0 Å². The Morgan fingerprint density at radius 2 is 1.77 bits per heavy atom. The molecule has 0 unspecified atom stereocenters. The molecule has 3 heteroatoms. The third kappa shape index (κ3) is 2.47. The van der Waals surface area contributed by atoms with Gasteiger partial charge in [0, 0.05) is 11.8 Å². The van der Waals surface area contributed by atoms with Crippen molar-refractivity contribution in [1.29, 1.82) is 5.26 Å². The standard InChI is InChI=1S/C19H13FN2/c1-13-9-10-22-19(18(13)20)15-7-8-17(16(11-15)12-21)14-5-3-2-4-6-14/h2-11H,1H3. The second kappa shape index (κ2) is 5.79. The predicted molar refractivity (Wildman–Crippen MR) is 84.5 cm³/mol. The fourth-order valence-electron chi connectivity index (χ4n) is 2.39. The van der Waals surface area contributed by atoms with Crippen LogP contribution in [-0.4, -0.2) is 4.98 Å². The van der Waals surface area contributed by atoms with Crippen LogP contribution in [0.25, 0.3) is 22.4 Å². The highest BCUT2D eigenvalue weighted by molar-refractivity contribution is 5.75. The minimum absolute atomic E-state index is 0.274. The van der Waals surface area contributed by atoms with Crippen molar-refractivity contribution in [2.75, 3.05) is 0 Å². The average Bonchev–Trinajstić information content (AvgIpc) is 2.57. The molecule has 0 aliphatic carbocycles. The molecule has 2 nitrogen and oxygen atoms in total. The van der Waals surface area contributed by atoms with Gasteiger partial charge in [-0.25, -0.2) is 4.39 Å². The van der Waals surface area contributed by atoms with Crippen molar-refractivity contribution < 1.29 is 4.39 Å². The molecule has 0 saturated carbocycles. The first-order valence-corrected chi connectivity index (χ1v) is 6.92. The smallest absolute Gasteiger partial charge is 0.152 e. The van der Waals surface area contributed by atoms with Crippen LogP contribution >= 0.6 is 0 Å². The van der Waals surface area contributed by atoms with E-state index in [9.17, 15) is 9.65 Å². The van der Waals surface area contributed by atoms with Gasteiger partial charge in [0.1, 0.15) is 5.69 Å². The third-order valence-corrected chi connectivity index (χ3v) is 3.58. The van der Waals surface area contributed by atoms with Gasteiger partial charge in [-0.3, -0.25) is 4.98 Å². The number of halogens is 1. The summed E-state index contributed by atoms with van der Waals surface area (Å²) in [6.45, 7) is 1.70. The summed E-state index contributed by atoms with van der Waals surface area (Å²) in [6, 6.07) is 18.8. The normalized spacial score (nSPS) is 10.2. The molecule has 0 aliphatic rings. The van der Waals surface area contributed by atoms with Crippen LogP contribution in [0.15, 0.2) is 60.8 Å². The van der Waals surface area contributed by atoms with Gasteiger partial charge < -0.3 is 0 Å². The molecule has 0 amide bonds. The quantitative estimate of drug-likeness (QED) is 0.683. The number of rotatable bonds is 2. The van der Waals surface area contributed by atoms with Gasteiger partial charge in [-0.05, 0) is 35.7 Å². The van der Waals surface area contributed by atoms with Gasteiger partial charge in [0.15, 0.2) is 5.82 Å². The highest BCUT2D eigenvalue weighted by Gasteiger charge is 2.12. The van der Waals surface area contributed by atoms with Gasteiger partial charge in [0.25, 0.3) is 0 Å². The average molecular weight is 288 g/mol. The summed E-state index contributed by atoms with van der Waals surface area (Å²) < 4.78 is 14.2. The molecular weight excluding hydrogens is 275 g/mol. The van der Waals surface area contributed by atoms with Crippen LogP contribution in [0.1, 0.15) is 11.1 Å². The molecular formula is C19H13FN2. The van der Waals surface area contributed by atoms with Crippen molar-refractivity contribution >= 4 is 0 Å². The van der Waals surface area contributed by atoms with E-state index in [1.54, 1.807) is 31.3 Å². The maximum Gasteiger partial charge on any atom is 0.152 e. The van der Waals surface area contributed by atoms with Crippen LogP contribution in [-0.2, 0) is 0 Å². The number of aryl methyl sites for hydroxylation is 1. The lowest BCUT2D eigenvalue weighted by Crippen LogP contribution is -1.94. The minimum Gasteiger partial charge on any atom is -0.253 e. The Morgan fingerprint density at radius 1 is 1.00 bits per heavy atom. The number of nitrogens with zero attached hydrogens (tertiary/aromatic N) is 2. The number of hydrogen-bond donors (Lipinski definition) is 0. The maximum atomic E-state index is 14.2. The first-order chi connectivity index (χ1) is 10.7. The van der Waals surface area contributed by atoms with Gasteiger partial charge >= 0.3 is 0 Å². The SMILES string of the molecule is Cc1ccnc(-c2ccc(-c3ccccc3)c(C#N)c2)c1F. The van der Waals surface area contributed by atoms with Crippen LogP contribution in [0.4, 0.5) is 4.39 Å². The molecule has 0 N–H and O–H groups in total. The first kappa shape index (κ1) is 14.0. The molecule has 3 aromatic rings. The van der Waals surface area contributed by atoms with Crippen LogP contribution in [0.3, 0.4) is 0 Å². The van der Waals surface area contributed by atoms with Crippen LogP contribution in [0.5, 0.6) is 0 Å². The molecule has 0 saturated heterocycles. The molecule has 22 heavy (non-hydrogen) atoms. The molecule has 0 bridgehead atoms. The van der Waals surface area contributed by atoms with E-state index in [1.807, 2.05) is 36.4 Å². The van der Waals surface area contributed by atoms with Gasteiger partial charge in [-0.1, -0.05) is 42.5 Å². The maximum absolute atomic E-state index is 14.2. The van der Waals surface area contributed by atoms with Crippen LogP contribution in [0.2, 0.25) is 0 Å². The van der Waals surface area contributed by atoms with Gasteiger partial charge in [0.2, 0.25) is 0 Å². The summed E-state index contributed by atoms with van der Waals surface area (Å²) in [4.78, 5) is 4.10. The Kier molecular flexibility index (Phi) is 3.67. The van der Waals surface area contributed by atoms with Crippen LogP contribution in [0, 0.1) is 24.1 Å². The molecule has 0 atom stereocenters. The Bertz CT molecular complexity index is 864. The molecule has 106 valence electrons. The topological polar surface area (TPSA) is 36.7 Å². The molecule has 1 heterocycles. The number of nitriles is 1. The predicted octanol–water partition coefficient (Wildman–Crippen LogP) is 4.73. The Morgan fingerprint density at radius 3 is 2.50 bits per heavy atom. The summed E-state index contributed by atoms with van der Waals surface area (Å²) in [5, 5.41) is 9.41. The van der Waals surface area contributed by atoms with Crippen molar-refractivity contribution in [1.82, 2.24) is 4.98 Å². The van der Waals surface area contributed by atoms with E-state index >= 15 is 0 Å². The van der Waals surface area contributed by atoms with Crippen molar-refractivity contribution in [3.8, 4) is 28.5 Å². The fraction of sp³-hybridized carbons (Fsp3) is 0.0526. The number of aromatic nitrogens is 1. The molecule has 0 aliphatic heterocycles. The molecule has 0 fully saturated rings. The van der Waals surface area contributed by atoms with Crippen LogP contribution < -0.4 is 0 Å². The van der Waals surface area contributed by atoms with E-state index in [-0.39, 0.29) is 11.5 Å². The fourth-order valence-corrected chi connectivity index (χ4v) is 2.39. The van der Waals surface area contributed by atoms with Crippen molar-refractivity contribution in [2.45, 2.75) is 6.92 Å². The zero-order valence-corrected chi connectivity index (χ0v) is 12.0. The number of benzene rings is 2. The largest absolute Gasteiger partial charge is 0.253 e. The lowest BCUT2D eigenvalue weighted by atomic mass is 9.96. The van der Waals surface area contributed by atoms with Gasteiger partial charge in [-0.2, -0.15) is 5.26 Å². The molecule has 0 radical (unpaired) electrons. The summed E-state index contributed by atoms with van der Waals surface area (Å²) in [7, 11) is 0. The molecule has 3 rings (SSSR count). The summed E-state index contributed by atoms with van der Waals surface area (Å²) in [5.41, 5.74) is 3.72. The number of pyridine rings is 1. The summed E-state index contributed by atoms with van der Waals surface area (Å²) >= 11 is 0. The van der Waals surface area contributed by atoms with E-state index in [1.165, 1.54) is 0 Å². The monoisotopic (exact) mass is 288 g/mol. The minimum atomic E-state index is -0.348. The lowest BCUT2D eigenvalue weighted by Gasteiger charge is -2.08. The summed E-state index contributed by atoms with van der Waals surface area (Å²) in [6.07, 6.45) is 1.57. The van der Waals surface area contributed by atoms with Crippen molar-refractivity contribution in [2.24, 2.45) is 0 Å². The Hall–Kier alpha value is -2.99. The second-order valence-electron chi connectivity index (χ2n) is 5.03. The highest BCUT2D eigenvalue weighted by atomic mass is 19.1. The second-order valence-corrected chi connectivity index (χ2v) is 5.03. The zero-order valence-electron chi connectivity index (χ0n) is 12.0. The zero-order chi connectivity index (χ0) is 15.5. The van der Waals surface area contributed by atoms with E-state index in [0.717, 1.165) is 11.1 Å². The Labute approximate surface area is 128 Å². The van der Waals surface area contributed by atoms with Crippen molar-refractivity contribution in [3.63, 3.8) is 0 Å². The third-order valence-electron chi connectivity index (χ3n) is 3.58. The van der Waals surface area contributed by atoms with Gasteiger partial charge in [0.05, 0.1) is 11.6 Å². The van der Waals surface area contributed by atoms with E-state index < -0.39 is 0 Å². The molecule has 1 aromatic heterocycles. The van der Waals surface area contributed by atoms with Crippen molar-refractivity contribution in [3.05, 3.63) is 77.7 Å². The lowest BCUT2D eigenvalue weighted by molar-refractivity contribution is 0.616. The van der Waals surface area contributed by atoms with E-state index in [0.29, 0.717) is 16.7 Å². The first-order valence-electron chi connectivity index (χ1n) is 6.92. The Balaban J connectivity index is 2.14. The highest BCUT2D eigenvalue weighted by Crippen LogP contribution is 2.29. The van der Waals surface area contributed by atoms with E-state index in [2.05, 4.69) is 11.1 Å². The summed E-state index contributed by atoms with van der Waals surface area (Å²) in [5.74, 6) is -0.348. The number of hydrogen-bond acceptors (Lipinski definition) is 2.